The maximum atomic E-state index is 12.5. The summed E-state index contributed by atoms with van der Waals surface area (Å²) in [4.78, 5) is 22.9. The predicted octanol–water partition coefficient (Wildman–Crippen LogP) is 3.54. The van der Waals surface area contributed by atoms with Crippen molar-refractivity contribution in [3.05, 3.63) is 55.9 Å². The number of carbonyl (C=O) groups is 1. The molecule has 0 fully saturated rings. The zero-order valence-electron chi connectivity index (χ0n) is 10.4. The van der Waals surface area contributed by atoms with Crippen LogP contribution in [0.4, 0.5) is 11.4 Å². The lowest BCUT2D eigenvalue weighted by Gasteiger charge is -2.02. The van der Waals surface area contributed by atoms with Crippen LogP contribution in [-0.2, 0) is 0 Å². The predicted molar refractivity (Wildman–Crippen MR) is 82.1 cm³/mol. The maximum absolute atomic E-state index is 12.5. The van der Waals surface area contributed by atoms with Crippen LogP contribution in [0.15, 0.2) is 36.5 Å². The number of anilines is 1. The molecule has 0 aliphatic rings. The molecule has 2 N–H and O–H groups in total. The maximum Gasteiger partial charge on any atom is 0.299 e. The number of fused-ring (bicyclic) bond motifs is 1. The van der Waals surface area contributed by atoms with Crippen LogP contribution >= 0.6 is 22.9 Å². The van der Waals surface area contributed by atoms with E-state index in [0.29, 0.717) is 11.2 Å². The number of rotatable bonds is 2. The van der Waals surface area contributed by atoms with Crippen molar-refractivity contribution in [2.75, 3.05) is 5.73 Å². The van der Waals surface area contributed by atoms with Gasteiger partial charge >= 0.3 is 0 Å². The Hall–Kier alpha value is -2.38. The highest BCUT2D eigenvalue weighted by molar-refractivity contribution is 7.18. The molecular weight excluding hydrogens is 314 g/mol. The highest BCUT2D eigenvalue weighted by Crippen LogP contribution is 2.34. The van der Waals surface area contributed by atoms with Gasteiger partial charge in [-0.05, 0) is 18.2 Å². The molecule has 6 nitrogen and oxygen atoms in total. The molecule has 2 heterocycles. The number of benzene rings is 1. The van der Waals surface area contributed by atoms with E-state index < -0.39 is 4.92 Å². The molecule has 106 valence electrons. The molecule has 0 saturated heterocycles. The Labute approximate surface area is 127 Å². The van der Waals surface area contributed by atoms with Crippen LogP contribution < -0.4 is 5.73 Å². The molecule has 0 atom stereocenters. The molecule has 0 amide bonds. The topological polar surface area (TPSA) is 91.2 Å². The highest BCUT2D eigenvalue weighted by atomic mass is 35.5. The molecule has 0 bridgehead atoms. The summed E-state index contributed by atoms with van der Waals surface area (Å²) in [5.41, 5.74) is 6.79. The van der Waals surface area contributed by atoms with E-state index in [-0.39, 0.29) is 20.8 Å². The summed E-state index contributed by atoms with van der Waals surface area (Å²) in [5.74, 6) is -0.379. The van der Waals surface area contributed by atoms with Gasteiger partial charge in [-0.2, -0.15) is 0 Å². The Morgan fingerprint density at radius 2 is 2.14 bits per heavy atom. The van der Waals surface area contributed by atoms with Gasteiger partial charge in [0.1, 0.15) is 4.88 Å². The van der Waals surface area contributed by atoms with Crippen molar-refractivity contribution in [2.24, 2.45) is 0 Å². The lowest BCUT2D eigenvalue weighted by atomic mass is 10.2. The number of nitrogens with two attached hydrogens (primary N) is 1. The fourth-order valence-corrected chi connectivity index (χ4v) is 3.24. The van der Waals surface area contributed by atoms with Crippen molar-refractivity contribution < 1.29 is 9.72 Å². The van der Waals surface area contributed by atoms with Crippen LogP contribution in [0.25, 0.3) is 10.9 Å². The molecule has 0 aliphatic heterocycles. The van der Waals surface area contributed by atoms with Gasteiger partial charge in [-0.25, -0.2) is 0 Å². The Balaban J connectivity index is 2.11. The van der Waals surface area contributed by atoms with Gasteiger partial charge in [0.2, 0.25) is 0 Å². The molecule has 3 aromatic rings. The van der Waals surface area contributed by atoms with Gasteiger partial charge in [-0.15, -0.1) is 11.3 Å². The van der Waals surface area contributed by atoms with Gasteiger partial charge in [0.15, 0.2) is 4.34 Å². The van der Waals surface area contributed by atoms with Crippen LogP contribution in [0, 0.1) is 10.1 Å². The minimum atomic E-state index is -0.610. The highest BCUT2D eigenvalue weighted by Gasteiger charge is 2.22. The lowest BCUT2D eigenvalue weighted by Crippen LogP contribution is -2.08. The summed E-state index contributed by atoms with van der Waals surface area (Å²) >= 11 is 6.67. The fourth-order valence-electron chi connectivity index (χ4n) is 2.08. The van der Waals surface area contributed by atoms with Crippen LogP contribution in [0.3, 0.4) is 0 Å². The van der Waals surface area contributed by atoms with Crippen molar-refractivity contribution in [1.82, 2.24) is 4.57 Å². The van der Waals surface area contributed by atoms with E-state index in [1.165, 1.54) is 10.6 Å². The summed E-state index contributed by atoms with van der Waals surface area (Å²) in [5, 5.41) is 11.5. The van der Waals surface area contributed by atoms with Gasteiger partial charge in [0.25, 0.3) is 11.6 Å². The number of hydrogen-bond donors (Lipinski definition) is 1. The first-order chi connectivity index (χ1) is 9.99. The molecule has 0 unspecified atom stereocenters. The fraction of sp³-hybridized carbons (Fsp3) is 0. The molecule has 8 heteroatoms. The van der Waals surface area contributed by atoms with Gasteiger partial charge < -0.3 is 5.73 Å². The van der Waals surface area contributed by atoms with Crippen LogP contribution in [0.1, 0.15) is 9.67 Å². The second-order valence-electron chi connectivity index (χ2n) is 4.30. The zero-order valence-corrected chi connectivity index (χ0v) is 12.0. The summed E-state index contributed by atoms with van der Waals surface area (Å²) in [6.45, 7) is 0. The Kier molecular flexibility index (Phi) is 3.15. The van der Waals surface area contributed by atoms with Gasteiger partial charge in [0.05, 0.1) is 10.4 Å². The Morgan fingerprint density at radius 3 is 2.81 bits per heavy atom. The average Bonchev–Trinajstić information content (AvgIpc) is 3.02. The lowest BCUT2D eigenvalue weighted by molar-refractivity contribution is -0.384. The Bertz CT molecular complexity index is 884. The minimum Gasteiger partial charge on any atom is -0.398 e. The van der Waals surface area contributed by atoms with Gasteiger partial charge in [0, 0.05) is 23.3 Å². The van der Waals surface area contributed by atoms with E-state index in [1.807, 2.05) is 0 Å². The number of carbonyl (C=O) groups excluding carboxylic acids is 1. The van der Waals surface area contributed by atoms with E-state index in [2.05, 4.69) is 0 Å². The van der Waals surface area contributed by atoms with Crippen molar-refractivity contribution in [2.45, 2.75) is 0 Å². The summed E-state index contributed by atoms with van der Waals surface area (Å²) in [7, 11) is 0. The first-order valence-electron chi connectivity index (χ1n) is 5.83. The zero-order chi connectivity index (χ0) is 15.1. The van der Waals surface area contributed by atoms with Gasteiger partial charge in [-0.1, -0.05) is 17.7 Å². The first-order valence-corrected chi connectivity index (χ1v) is 7.02. The smallest absolute Gasteiger partial charge is 0.299 e. The molecular formula is C13H8ClN3O3S. The average molecular weight is 322 g/mol. The third-order valence-corrected chi connectivity index (χ3v) is 4.39. The second-order valence-corrected chi connectivity index (χ2v) is 5.95. The molecule has 1 aromatic carbocycles. The summed E-state index contributed by atoms with van der Waals surface area (Å²) < 4.78 is 1.39. The van der Waals surface area contributed by atoms with E-state index in [9.17, 15) is 14.9 Å². The van der Waals surface area contributed by atoms with Crippen molar-refractivity contribution in [1.29, 1.82) is 0 Å². The number of halogens is 1. The van der Waals surface area contributed by atoms with E-state index in [4.69, 9.17) is 17.3 Å². The van der Waals surface area contributed by atoms with Crippen molar-refractivity contribution in [3.63, 3.8) is 0 Å². The molecule has 0 aliphatic carbocycles. The third kappa shape index (κ3) is 2.16. The van der Waals surface area contributed by atoms with Crippen LogP contribution in [0.2, 0.25) is 4.34 Å². The van der Waals surface area contributed by atoms with E-state index >= 15 is 0 Å². The van der Waals surface area contributed by atoms with E-state index in [0.717, 1.165) is 16.7 Å². The third-order valence-electron chi connectivity index (χ3n) is 3.06. The minimum absolute atomic E-state index is 0.0145. The molecule has 3 rings (SSSR count). The molecule has 2 aromatic heterocycles. The second kappa shape index (κ2) is 4.87. The number of nitro groups is 1. The Morgan fingerprint density at radius 1 is 1.38 bits per heavy atom. The molecule has 0 saturated carbocycles. The first kappa shape index (κ1) is 13.6. The van der Waals surface area contributed by atoms with E-state index in [1.54, 1.807) is 30.5 Å². The monoisotopic (exact) mass is 321 g/mol. The molecule has 0 radical (unpaired) electrons. The molecule has 21 heavy (non-hydrogen) atoms. The van der Waals surface area contributed by atoms with Crippen molar-refractivity contribution >= 4 is 51.1 Å². The SMILES string of the molecule is Nc1cccc2c1ccn2C(=O)c1cc([N+](=O)[O-])c(Cl)s1. The molecule has 0 spiro atoms. The van der Waals surface area contributed by atoms with Crippen LogP contribution in [-0.4, -0.2) is 15.4 Å². The van der Waals surface area contributed by atoms with Crippen molar-refractivity contribution in [3.8, 4) is 0 Å². The number of nitrogens with zero attached hydrogens (tertiary/aromatic N) is 2. The normalized spacial score (nSPS) is 10.9. The number of nitrogen functional groups attached to an aromatic ring is 1. The summed E-state index contributed by atoms with van der Waals surface area (Å²) in [6.07, 6.45) is 1.59. The number of hydrogen-bond acceptors (Lipinski definition) is 5. The summed E-state index contributed by atoms with van der Waals surface area (Å²) in [6, 6.07) is 8.15. The van der Waals surface area contributed by atoms with Crippen LogP contribution in [0.5, 0.6) is 0 Å². The number of thiophene rings is 1. The quantitative estimate of drug-likeness (QED) is 0.444. The van der Waals surface area contributed by atoms with Gasteiger partial charge in [-0.3, -0.25) is 19.5 Å². The standard InChI is InChI=1S/C13H8ClN3O3S/c14-12-10(17(19)20)6-11(21-12)13(18)16-5-4-7-8(15)2-1-3-9(7)16/h1-6H,15H2. The largest absolute Gasteiger partial charge is 0.398 e. The number of aromatic nitrogens is 1.